The predicted octanol–water partition coefficient (Wildman–Crippen LogP) is 17.0. The van der Waals surface area contributed by atoms with Crippen molar-refractivity contribution in [2.24, 2.45) is 71.0 Å². The van der Waals surface area contributed by atoms with Gasteiger partial charge in [-0.15, -0.1) is 0 Å². The standard InChI is InChI=1S/C37H40O4.C36H38O4/c1-5-21(2)35(38)40-34-26-16-24-17-27(34)19-25(18-26)33(24)36(39)41-37(3,4)28-12-15-30-23(20-28)11-14-31-29-9-7-6-8-22(29)10-13-32(30)31;1-4-20(2)35(37)40-34-27-16-25-17-28(34)19-26(18-27)33(25)36(38)39-21(3)23-10-12-30-24(15-23)11-14-31-29-8-6-5-7-22(29)9-13-32(30)31/h6-15,20-21,24-27,33-34H,5,16-19H2,1-4H3;5-15,20-21,25-28,33-34H,4,16-19H2,1-3H3. The molecule has 3 unspecified atom stereocenters. The topological polar surface area (TPSA) is 105 Å². The zero-order valence-electron chi connectivity index (χ0n) is 48.2. The van der Waals surface area contributed by atoms with E-state index in [1.54, 1.807) is 0 Å². The average molecular weight is 1080 g/mol. The molecule has 8 aliphatic rings. The van der Waals surface area contributed by atoms with Gasteiger partial charge in [-0.25, -0.2) is 0 Å². The smallest absolute Gasteiger partial charge is 0.310 e. The van der Waals surface area contributed by atoms with E-state index in [2.05, 4.69) is 133 Å². The number of rotatable bonds is 12. The van der Waals surface area contributed by atoms with Gasteiger partial charge >= 0.3 is 23.9 Å². The molecule has 0 spiro atoms. The second-order valence-electron chi connectivity index (χ2n) is 26.3. The highest BCUT2D eigenvalue weighted by Crippen LogP contribution is 2.60. The SMILES string of the molecule is CCC(C)C(=O)OC1C2CC3CC1CC(C2)C3C(=O)OC(C)(C)c1ccc2c(ccc3c4ccccc4ccc23)c1.CCC(C)C(=O)OC1C2CC3CC1CC(C2)C3C(=O)OC(C)c1ccc2c(ccc3c4ccccc4ccc23)c1. The molecule has 3 atom stereocenters. The summed E-state index contributed by atoms with van der Waals surface area (Å²) in [6, 6.07) is 47.6. The lowest BCUT2D eigenvalue weighted by molar-refractivity contribution is -0.195. The third-order valence-electron chi connectivity index (χ3n) is 21.1. The molecule has 8 nitrogen and oxygen atoms in total. The van der Waals surface area contributed by atoms with Crippen LogP contribution in [-0.2, 0) is 43.7 Å². The number of esters is 4. The third-order valence-corrected chi connectivity index (χ3v) is 21.1. The quantitative estimate of drug-likeness (QED) is 0.0677. The van der Waals surface area contributed by atoms with Gasteiger partial charge in [0.2, 0.25) is 0 Å². The number of ether oxygens (including phenoxy) is 4. The predicted molar refractivity (Wildman–Crippen MR) is 322 cm³/mol. The largest absolute Gasteiger partial charge is 0.462 e. The maximum atomic E-state index is 13.8. The molecule has 8 saturated carbocycles. The Hall–Kier alpha value is -6.80. The van der Waals surface area contributed by atoms with Crippen LogP contribution in [0.15, 0.2) is 133 Å². The summed E-state index contributed by atoms with van der Waals surface area (Å²) in [5.74, 6) is 2.53. The van der Waals surface area contributed by atoms with Crippen LogP contribution in [0.1, 0.15) is 130 Å². The Morgan fingerprint density at radius 1 is 0.432 bits per heavy atom. The fourth-order valence-electron chi connectivity index (χ4n) is 16.7. The molecule has 16 rings (SSSR count). The van der Waals surface area contributed by atoms with Gasteiger partial charge in [-0.2, -0.15) is 0 Å². The van der Waals surface area contributed by atoms with Crippen molar-refractivity contribution in [3.8, 4) is 0 Å². The molecule has 0 saturated heterocycles. The summed E-state index contributed by atoms with van der Waals surface area (Å²) in [6.45, 7) is 14.0. The van der Waals surface area contributed by atoms with Gasteiger partial charge in [0, 0.05) is 0 Å². The summed E-state index contributed by atoms with van der Waals surface area (Å²) in [7, 11) is 0. The summed E-state index contributed by atoms with van der Waals surface area (Å²) in [4.78, 5) is 52.4. The second-order valence-corrected chi connectivity index (χ2v) is 26.3. The van der Waals surface area contributed by atoms with E-state index in [0.717, 1.165) is 86.1 Å². The van der Waals surface area contributed by atoms with Crippen LogP contribution in [0.2, 0.25) is 0 Å². The highest BCUT2D eigenvalue weighted by molar-refractivity contribution is 6.18. The summed E-state index contributed by atoms with van der Waals surface area (Å²) in [6.07, 6.45) is 9.11. The molecule has 418 valence electrons. The molecule has 8 heteroatoms. The average Bonchev–Trinajstić information content (AvgIpc) is 3.60. The lowest BCUT2D eigenvalue weighted by Crippen LogP contribution is -2.56. The maximum absolute atomic E-state index is 13.8. The Labute approximate surface area is 476 Å². The van der Waals surface area contributed by atoms with Gasteiger partial charge in [-0.1, -0.05) is 149 Å². The monoisotopic (exact) mass is 1080 g/mol. The Balaban J connectivity index is 0.000000153. The number of carbonyl (C=O) groups is 4. The van der Waals surface area contributed by atoms with Crippen LogP contribution in [0.5, 0.6) is 0 Å². The number of hydrogen-bond acceptors (Lipinski definition) is 8. The zero-order chi connectivity index (χ0) is 56.0. The molecule has 0 aromatic heterocycles. The van der Waals surface area contributed by atoms with Crippen LogP contribution in [0.25, 0.3) is 64.6 Å². The van der Waals surface area contributed by atoms with Gasteiger partial charge in [-0.05, 0) is 220 Å². The lowest BCUT2D eigenvalue weighted by Gasteiger charge is -2.56. The van der Waals surface area contributed by atoms with Gasteiger partial charge in [0.25, 0.3) is 0 Å². The molecule has 8 aromatic rings. The normalized spacial score (nSPS) is 28.2. The molecule has 0 N–H and O–H groups in total. The molecule has 8 fully saturated rings. The van der Waals surface area contributed by atoms with Crippen molar-refractivity contribution in [3.05, 3.63) is 145 Å². The van der Waals surface area contributed by atoms with Crippen LogP contribution in [0.4, 0.5) is 0 Å². The first-order valence-electron chi connectivity index (χ1n) is 30.7. The first-order chi connectivity index (χ1) is 39.1. The minimum Gasteiger partial charge on any atom is -0.462 e. The molecule has 0 amide bonds. The molecule has 8 bridgehead atoms. The lowest BCUT2D eigenvalue weighted by atomic mass is 9.50. The van der Waals surface area contributed by atoms with Crippen molar-refractivity contribution >= 4 is 88.5 Å². The summed E-state index contributed by atoms with van der Waals surface area (Å²) >= 11 is 0. The van der Waals surface area contributed by atoms with E-state index in [9.17, 15) is 19.2 Å². The molecule has 0 radical (unpaired) electrons. The van der Waals surface area contributed by atoms with Crippen molar-refractivity contribution in [1.82, 2.24) is 0 Å². The van der Waals surface area contributed by atoms with Gasteiger partial charge in [-0.3, -0.25) is 19.2 Å². The maximum Gasteiger partial charge on any atom is 0.310 e. The Morgan fingerprint density at radius 3 is 1.25 bits per heavy atom. The first-order valence-corrected chi connectivity index (χ1v) is 30.7. The van der Waals surface area contributed by atoms with Crippen molar-refractivity contribution in [2.45, 2.75) is 137 Å². The molecule has 8 aliphatic carbocycles. The highest BCUT2D eigenvalue weighted by atomic mass is 16.6. The van der Waals surface area contributed by atoms with E-state index in [-0.39, 0.29) is 65.9 Å². The van der Waals surface area contributed by atoms with Crippen LogP contribution >= 0.6 is 0 Å². The molecule has 81 heavy (non-hydrogen) atoms. The van der Waals surface area contributed by atoms with Gasteiger partial charge in [0.15, 0.2) is 0 Å². The molecule has 0 heterocycles. The zero-order valence-corrected chi connectivity index (χ0v) is 48.2. The van der Waals surface area contributed by atoms with E-state index in [4.69, 9.17) is 18.9 Å². The summed E-state index contributed by atoms with van der Waals surface area (Å²) < 4.78 is 24.6. The Morgan fingerprint density at radius 2 is 0.802 bits per heavy atom. The van der Waals surface area contributed by atoms with Gasteiger partial charge < -0.3 is 18.9 Å². The van der Waals surface area contributed by atoms with E-state index >= 15 is 0 Å². The van der Waals surface area contributed by atoms with Crippen LogP contribution < -0.4 is 0 Å². The fraction of sp³-hybridized carbons (Fsp3) is 0.452. The van der Waals surface area contributed by atoms with Crippen LogP contribution in [0, 0.1) is 71.0 Å². The Bertz CT molecular complexity index is 3720. The van der Waals surface area contributed by atoms with Crippen LogP contribution in [0.3, 0.4) is 0 Å². The van der Waals surface area contributed by atoms with Gasteiger partial charge in [0.1, 0.15) is 23.9 Å². The van der Waals surface area contributed by atoms with E-state index in [1.165, 1.54) is 53.9 Å². The minimum absolute atomic E-state index is 0.0288. The van der Waals surface area contributed by atoms with E-state index in [1.807, 2.05) is 48.5 Å². The van der Waals surface area contributed by atoms with E-state index in [0.29, 0.717) is 47.3 Å². The van der Waals surface area contributed by atoms with Crippen molar-refractivity contribution in [1.29, 1.82) is 0 Å². The molecule has 0 aliphatic heterocycles. The first kappa shape index (κ1) is 53.5. The molecular formula is C73H78O8. The number of carbonyl (C=O) groups excluding carboxylic acids is 4. The summed E-state index contributed by atoms with van der Waals surface area (Å²) in [5, 5.41) is 14.8. The van der Waals surface area contributed by atoms with Crippen LogP contribution in [-0.4, -0.2) is 36.1 Å². The molecular weight excluding hydrogens is 1000 g/mol. The van der Waals surface area contributed by atoms with Crippen molar-refractivity contribution in [2.75, 3.05) is 0 Å². The van der Waals surface area contributed by atoms with Gasteiger partial charge in [0.05, 0.1) is 23.7 Å². The fourth-order valence-corrected chi connectivity index (χ4v) is 16.7. The number of benzene rings is 8. The van der Waals surface area contributed by atoms with E-state index < -0.39 is 5.60 Å². The third kappa shape index (κ3) is 9.64. The molecule has 8 aromatic carbocycles. The summed E-state index contributed by atoms with van der Waals surface area (Å²) in [5.41, 5.74) is 1.31. The van der Waals surface area contributed by atoms with Crippen molar-refractivity contribution in [3.63, 3.8) is 0 Å². The minimum atomic E-state index is -0.730. The highest BCUT2D eigenvalue weighted by Gasteiger charge is 2.58. The number of fused-ring (bicyclic) bond motifs is 10. The second kappa shape index (κ2) is 21.2. The number of hydrogen-bond donors (Lipinski definition) is 0. The Kier molecular flexibility index (Phi) is 14.0. The van der Waals surface area contributed by atoms with Crippen molar-refractivity contribution < 1.29 is 38.1 Å².